The number of benzene rings is 1. The Balaban J connectivity index is 1.37. The quantitative estimate of drug-likeness (QED) is 0.800. The van der Waals surface area contributed by atoms with E-state index < -0.39 is 0 Å². The van der Waals surface area contributed by atoms with Gasteiger partial charge in [0.15, 0.2) is 0 Å². The molecule has 1 N–H and O–H groups in total. The van der Waals surface area contributed by atoms with Crippen LogP contribution in [0.4, 0.5) is 0 Å². The van der Waals surface area contributed by atoms with Gasteiger partial charge in [-0.05, 0) is 56.2 Å². The molecule has 2 aliphatic carbocycles. The average Bonchev–Trinajstić information content (AvgIpc) is 3.57. The highest BCUT2D eigenvalue weighted by Gasteiger charge is 2.34. The lowest BCUT2D eigenvalue weighted by Crippen LogP contribution is -2.45. The van der Waals surface area contributed by atoms with Gasteiger partial charge in [0.25, 0.3) is 5.91 Å². The summed E-state index contributed by atoms with van der Waals surface area (Å²) in [5.41, 5.74) is 1.68. The molecular weight excluding hydrogens is 342 g/mol. The molecular formula is C21H27N3O3. The highest BCUT2D eigenvalue weighted by molar-refractivity contribution is 5.94. The molecule has 1 heterocycles. The summed E-state index contributed by atoms with van der Waals surface area (Å²) < 4.78 is 0. The maximum absolute atomic E-state index is 12.8. The molecule has 0 unspecified atom stereocenters. The van der Waals surface area contributed by atoms with E-state index in [-0.39, 0.29) is 30.3 Å². The highest BCUT2D eigenvalue weighted by atomic mass is 16.2. The zero-order chi connectivity index (χ0) is 18.8. The predicted molar refractivity (Wildman–Crippen MR) is 101 cm³/mol. The number of piperidine rings is 1. The Hall–Kier alpha value is -2.37. The number of nitrogens with zero attached hydrogens (tertiary/aromatic N) is 2. The summed E-state index contributed by atoms with van der Waals surface area (Å²) in [6, 6.07) is 8.15. The van der Waals surface area contributed by atoms with E-state index in [1.165, 1.54) is 0 Å². The van der Waals surface area contributed by atoms with Crippen molar-refractivity contribution in [3.05, 3.63) is 35.4 Å². The van der Waals surface area contributed by atoms with Crippen LogP contribution in [-0.4, -0.2) is 52.7 Å². The maximum atomic E-state index is 12.8. The smallest absolute Gasteiger partial charge is 0.251 e. The highest BCUT2D eigenvalue weighted by Crippen LogP contribution is 2.29. The zero-order valence-corrected chi connectivity index (χ0v) is 15.7. The minimum atomic E-state index is -0.0252. The number of carbonyl (C=O) groups excluding carboxylic acids is 3. The molecule has 0 bridgehead atoms. The van der Waals surface area contributed by atoms with Gasteiger partial charge in [-0.1, -0.05) is 12.1 Å². The van der Waals surface area contributed by atoms with Crippen molar-refractivity contribution < 1.29 is 14.4 Å². The van der Waals surface area contributed by atoms with E-state index in [4.69, 9.17) is 0 Å². The van der Waals surface area contributed by atoms with E-state index in [1.54, 1.807) is 4.90 Å². The fourth-order valence-electron chi connectivity index (χ4n) is 3.54. The van der Waals surface area contributed by atoms with Crippen molar-refractivity contribution in [2.75, 3.05) is 13.1 Å². The van der Waals surface area contributed by atoms with E-state index in [0.717, 1.165) is 44.1 Å². The summed E-state index contributed by atoms with van der Waals surface area (Å²) in [7, 11) is 0. The van der Waals surface area contributed by atoms with Crippen LogP contribution in [0, 0.1) is 0 Å². The number of likely N-dealkylation sites (tertiary alicyclic amines) is 1. The van der Waals surface area contributed by atoms with Gasteiger partial charge >= 0.3 is 0 Å². The van der Waals surface area contributed by atoms with Crippen molar-refractivity contribution in [3.8, 4) is 0 Å². The fraction of sp³-hybridized carbons (Fsp3) is 0.571. The van der Waals surface area contributed by atoms with Crippen LogP contribution in [0.3, 0.4) is 0 Å². The summed E-state index contributed by atoms with van der Waals surface area (Å²) in [4.78, 5) is 40.5. The van der Waals surface area contributed by atoms with E-state index in [0.29, 0.717) is 31.1 Å². The largest absolute Gasteiger partial charge is 0.349 e. The molecule has 1 aromatic rings. The Labute approximate surface area is 159 Å². The van der Waals surface area contributed by atoms with Crippen molar-refractivity contribution >= 4 is 17.7 Å². The Morgan fingerprint density at radius 2 is 1.81 bits per heavy atom. The molecule has 6 heteroatoms. The average molecular weight is 369 g/mol. The Bertz CT molecular complexity index is 723. The molecule has 0 atom stereocenters. The van der Waals surface area contributed by atoms with E-state index in [2.05, 4.69) is 5.32 Å². The van der Waals surface area contributed by atoms with Crippen molar-refractivity contribution in [2.24, 2.45) is 0 Å². The molecule has 3 amide bonds. The number of nitrogens with one attached hydrogen (secondary N) is 1. The van der Waals surface area contributed by atoms with Gasteiger partial charge in [0.1, 0.15) is 0 Å². The molecule has 4 rings (SSSR count). The second-order valence-corrected chi connectivity index (χ2v) is 7.97. The topological polar surface area (TPSA) is 69.7 Å². The molecule has 1 aliphatic heterocycles. The predicted octanol–water partition coefficient (Wildman–Crippen LogP) is 2.08. The first-order valence-corrected chi connectivity index (χ1v) is 10.1. The lowest BCUT2D eigenvalue weighted by Gasteiger charge is -2.30. The second kappa shape index (κ2) is 7.71. The summed E-state index contributed by atoms with van der Waals surface area (Å²) in [6.07, 6.45) is 6.66. The third-order valence-electron chi connectivity index (χ3n) is 5.54. The third kappa shape index (κ3) is 4.67. The molecule has 0 radical (unpaired) electrons. The first-order valence-electron chi connectivity index (χ1n) is 10.1. The van der Waals surface area contributed by atoms with Gasteiger partial charge in [0.05, 0.1) is 6.54 Å². The van der Waals surface area contributed by atoms with Gasteiger partial charge in [-0.3, -0.25) is 14.4 Å². The standard InChI is InChI=1S/C21H27N3O3/c25-19-3-1-2-12-23(19)14-20(26)24(18-10-11-18)13-15-4-6-16(7-5-15)21(27)22-17-8-9-17/h4-7,17-18H,1-3,8-14H2,(H,22,27). The minimum Gasteiger partial charge on any atom is -0.349 e. The molecule has 0 spiro atoms. The van der Waals surface area contributed by atoms with E-state index in [9.17, 15) is 14.4 Å². The summed E-state index contributed by atoms with van der Waals surface area (Å²) in [5.74, 6) is 0.0995. The summed E-state index contributed by atoms with van der Waals surface area (Å²) in [5, 5.41) is 2.99. The molecule has 144 valence electrons. The summed E-state index contributed by atoms with van der Waals surface area (Å²) in [6.45, 7) is 1.42. The van der Waals surface area contributed by atoms with Crippen LogP contribution in [0.25, 0.3) is 0 Å². The number of hydrogen-bond donors (Lipinski definition) is 1. The number of amides is 3. The van der Waals surface area contributed by atoms with Gasteiger partial charge in [-0.25, -0.2) is 0 Å². The van der Waals surface area contributed by atoms with Crippen molar-refractivity contribution in [2.45, 2.75) is 63.6 Å². The first-order chi connectivity index (χ1) is 13.1. The second-order valence-electron chi connectivity index (χ2n) is 7.97. The fourth-order valence-corrected chi connectivity index (χ4v) is 3.54. The molecule has 1 aromatic carbocycles. The molecule has 6 nitrogen and oxygen atoms in total. The third-order valence-corrected chi connectivity index (χ3v) is 5.54. The van der Waals surface area contributed by atoms with Gasteiger partial charge in [0.2, 0.25) is 11.8 Å². The lowest BCUT2D eigenvalue weighted by atomic mass is 10.1. The SMILES string of the molecule is O=C(NC1CC1)c1ccc(CN(C(=O)CN2CCCCC2=O)C2CC2)cc1. The first kappa shape index (κ1) is 18.0. The van der Waals surface area contributed by atoms with Crippen molar-refractivity contribution in [1.82, 2.24) is 15.1 Å². The Morgan fingerprint density at radius 3 is 2.44 bits per heavy atom. The van der Waals surface area contributed by atoms with Gasteiger partial charge in [0, 0.05) is 37.2 Å². The van der Waals surface area contributed by atoms with E-state index in [1.807, 2.05) is 29.2 Å². The van der Waals surface area contributed by atoms with Crippen LogP contribution >= 0.6 is 0 Å². The maximum Gasteiger partial charge on any atom is 0.251 e. The summed E-state index contributed by atoms with van der Waals surface area (Å²) >= 11 is 0. The molecule has 3 fully saturated rings. The number of carbonyl (C=O) groups is 3. The molecule has 1 saturated heterocycles. The van der Waals surface area contributed by atoms with Crippen LogP contribution in [-0.2, 0) is 16.1 Å². The Kier molecular flexibility index (Phi) is 5.14. The minimum absolute atomic E-state index is 0.0252. The monoisotopic (exact) mass is 369 g/mol. The van der Waals surface area contributed by atoms with Crippen LogP contribution in [0.15, 0.2) is 24.3 Å². The Morgan fingerprint density at radius 1 is 1.07 bits per heavy atom. The lowest BCUT2D eigenvalue weighted by molar-refractivity contribution is -0.142. The van der Waals surface area contributed by atoms with Crippen LogP contribution in [0.5, 0.6) is 0 Å². The van der Waals surface area contributed by atoms with Crippen LogP contribution in [0.1, 0.15) is 60.9 Å². The van der Waals surface area contributed by atoms with E-state index >= 15 is 0 Å². The number of rotatable bonds is 7. The number of hydrogen-bond acceptors (Lipinski definition) is 3. The van der Waals surface area contributed by atoms with Crippen LogP contribution in [0.2, 0.25) is 0 Å². The van der Waals surface area contributed by atoms with Crippen molar-refractivity contribution in [1.29, 1.82) is 0 Å². The zero-order valence-electron chi connectivity index (χ0n) is 15.7. The molecule has 0 aromatic heterocycles. The van der Waals surface area contributed by atoms with Gasteiger partial charge in [-0.2, -0.15) is 0 Å². The molecule has 3 aliphatic rings. The molecule has 2 saturated carbocycles. The van der Waals surface area contributed by atoms with Crippen molar-refractivity contribution in [3.63, 3.8) is 0 Å². The normalized spacial score (nSPS) is 19.7. The molecule has 27 heavy (non-hydrogen) atoms. The van der Waals surface area contributed by atoms with Gasteiger partial charge in [-0.15, -0.1) is 0 Å². The van der Waals surface area contributed by atoms with Gasteiger partial charge < -0.3 is 15.1 Å². The van der Waals surface area contributed by atoms with Crippen LogP contribution < -0.4 is 5.32 Å².